The molecular weight excluding hydrogens is 260 g/mol. The Bertz CT molecular complexity index is 544. The smallest absolute Gasteiger partial charge is 0.0825 e. The van der Waals surface area contributed by atoms with Crippen LogP contribution in [0.4, 0.5) is 0 Å². The molecule has 1 aliphatic heterocycles. The zero-order valence-corrected chi connectivity index (χ0v) is 12.2. The standard InChI is InChI=1S/C18H22N2O/c19-11-17-13-20(12-15-7-3-1-4-8-15)18(14-21-17)16-9-5-2-6-10-16/h1-10,17-18H,11-14,19H2. The number of rotatable bonds is 4. The SMILES string of the molecule is NCC1CN(Cc2ccccc2)C(c2ccccc2)CO1. The van der Waals surface area contributed by atoms with Crippen LogP contribution in [0.3, 0.4) is 0 Å². The summed E-state index contributed by atoms with van der Waals surface area (Å²) in [6.07, 6.45) is 0.133. The molecule has 2 N–H and O–H groups in total. The number of morpholine rings is 1. The van der Waals surface area contributed by atoms with Gasteiger partial charge in [0, 0.05) is 19.6 Å². The third-order valence-electron chi connectivity index (χ3n) is 4.04. The van der Waals surface area contributed by atoms with Crippen LogP contribution < -0.4 is 5.73 Å². The fraction of sp³-hybridized carbons (Fsp3) is 0.333. The van der Waals surface area contributed by atoms with Gasteiger partial charge in [-0.15, -0.1) is 0 Å². The average molecular weight is 282 g/mol. The Morgan fingerprint density at radius 1 is 1.00 bits per heavy atom. The van der Waals surface area contributed by atoms with E-state index < -0.39 is 0 Å². The highest BCUT2D eigenvalue weighted by molar-refractivity contribution is 5.21. The molecule has 3 nitrogen and oxygen atoms in total. The lowest BCUT2D eigenvalue weighted by molar-refractivity contribution is -0.0637. The molecule has 1 fully saturated rings. The Hall–Kier alpha value is -1.68. The van der Waals surface area contributed by atoms with Crippen molar-refractivity contribution < 1.29 is 4.74 Å². The van der Waals surface area contributed by atoms with E-state index >= 15 is 0 Å². The van der Waals surface area contributed by atoms with Gasteiger partial charge in [0.2, 0.25) is 0 Å². The summed E-state index contributed by atoms with van der Waals surface area (Å²) >= 11 is 0. The normalized spacial score (nSPS) is 23.1. The van der Waals surface area contributed by atoms with Crippen LogP contribution in [0.5, 0.6) is 0 Å². The van der Waals surface area contributed by atoms with E-state index in [9.17, 15) is 0 Å². The van der Waals surface area contributed by atoms with Crippen molar-refractivity contribution in [2.45, 2.75) is 18.7 Å². The van der Waals surface area contributed by atoms with Crippen molar-refractivity contribution in [2.75, 3.05) is 19.7 Å². The maximum Gasteiger partial charge on any atom is 0.0825 e. The lowest BCUT2D eigenvalue weighted by Crippen LogP contribution is -2.47. The molecule has 2 aromatic rings. The van der Waals surface area contributed by atoms with Crippen LogP contribution >= 0.6 is 0 Å². The molecule has 0 amide bonds. The maximum atomic E-state index is 5.90. The van der Waals surface area contributed by atoms with Crippen molar-refractivity contribution in [2.24, 2.45) is 5.73 Å². The number of hydrogen-bond donors (Lipinski definition) is 1. The molecule has 110 valence electrons. The third-order valence-corrected chi connectivity index (χ3v) is 4.04. The highest BCUT2D eigenvalue weighted by atomic mass is 16.5. The van der Waals surface area contributed by atoms with Crippen molar-refractivity contribution in [1.29, 1.82) is 0 Å². The summed E-state index contributed by atoms with van der Waals surface area (Å²) in [5.41, 5.74) is 8.43. The van der Waals surface area contributed by atoms with Crippen molar-refractivity contribution in [1.82, 2.24) is 4.90 Å². The first kappa shape index (κ1) is 14.3. The summed E-state index contributed by atoms with van der Waals surface area (Å²) in [5, 5.41) is 0. The summed E-state index contributed by atoms with van der Waals surface area (Å²) in [6.45, 7) is 3.09. The van der Waals surface area contributed by atoms with E-state index in [1.54, 1.807) is 0 Å². The van der Waals surface area contributed by atoms with Crippen molar-refractivity contribution in [3.05, 3.63) is 71.8 Å². The minimum Gasteiger partial charge on any atom is -0.374 e. The molecule has 0 spiro atoms. The van der Waals surface area contributed by atoms with Gasteiger partial charge in [-0.3, -0.25) is 4.90 Å². The largest absolute Gasteiger partial charge is 0.374 e. The lowest BCUT2D eigenvalue weighted by atomic mass is 10.0. The Balaban J connectivity index is 1.80. The monoisotopic (exact) mass is 282 g/mol. The van der Waals surface area contributed by atoms with E-state index in [-0.39, 0.29) is 6.10 Å². The van der Waals surface area contributed by atoms with Crippen LogP contribution in [-0.4, -0.2) is 30.7 Å². The average Bonchev–Trinajstić information content (AvgIpc) is 2.56. The molecule has 0 aromatic heterocycles. The molecule has 3 heteroatoms. The zero-order chi connectivity index (χ0) is 14.5. The van der Waals surface area contributed by atoms with Gasteiger partial charge in [0.05, 0.1) is 18.8 Å². The Morgan fingerprint density at radius 2 is 1.67 bits per heavy atom. The summed E-state index contributed by atoms with van der Waals surface area (Å²) in [5.74, 6) is 0. The fourth-order valence-electron chi connectivity index (χ4n) is 2.89. The van der Waals surface area contributed by atoms with Crippen LogP contribution in [0, 0.1) is 0 Å². The number of benzene rings is 2. The van der Waals surface area contributed by atoms with Gasteiger partial charge in [0.25, 0.3) is 0 Å². The Morgan fingerprint density at radius 3 is 2.33 bits per heavy atom. The van der Waals surface area contributed by atoms with E-state index in [1.807, 2.05) is 0 Å². The van der Waals surface area contributed by atoms with Crippen LogP contribution in [-0.2, 0) is 11.3 Å². The molecular formula is C18H22N2O. The van der Waals surface area contributed by atoms with E-state index in [0.717, 1.165) is 13.1 Å². The summed E-state index contributed by atoms with van der Waals surface area (Å²) < 4.78 is 5.90. The summed E-state index contributed by atoms with van der Waals surface area (Å²) in [7, 11) is 0. The maximum absolute atomic E-state index is 5.90. The number of nitrogens with zero attached hydrogens (tertiary/aromatic N) is 1. The Labute approximate surface area is 126 Å². The molecule has 1 saturated heterocycles. The van der Waals surface area contributed by atoms with Gasteiger partial charge in [-0.1, -0.05) is 60.7 Å². The van der Waals surface area contributed by atoms with Crippen LogP contribution in [0.25, 0.3) is 0 Å². The first-order chi connectivity index (χ1) is 10.4. The molecule has 1 heterocycles. The molecule has 0 radical (unpaired) electrons. The predicted molar refractivity (Wildman–Crippen MR) is 84.8 cm³/mol. The second-order valence-electron chi connectivity index (χ2n) is 5.53. The molecule has 3 rings (SSSR count). The first-order valence-corrected chi connectivity index (χ1v) is 7.51. The van der Waals surface area contributed by atoms with Gasteiger partial charge in [-0.25, -0.2) is 0 Å². The van der Waals surface area contributed by atoms with Crippen molar-refractivity contribution in [3.8, 4) is 0 Å². The van der Waals surface area contributed by atoms with Gasteiger partial charge < -0.3 is 10.5 Å². The topological polar surface area (TPSA) is 38.5 Å². The molecule has 0 aliphatic carbocycles. The summed E-state index contributed by atoms with van der Waals surface area (Å²) in [4.78, 5) is 2.48. The minimum atomic E-state index is 0.133. The van der Waals surface area contributed by atoms with Gasteiger partial charge in [-0.2, -0.15) is 0 Å². The van der Waals surface area contributed by atoms with Gasteiger partial charge >= 0.3 is 0 Å². The quantitative estimate of drug-likeness (QED) is 0.936. The highest BCUT2D eigenvalue weighted by Gasteiger charge is 2.29. The van der Waals surface area contributed by atoms with E-state index in [0.29, 0.717) is 19.2 Å². The molecule has 0 bridgehead atoms. The highest BCUT2D eigenvalue weighted by Crippen LogP contribution is 2.27. The molecule has 21 heavy (non-hydrogen) atoms. The second kappa shape index (κ2) is 6.85. The first-order valence-electron chi connectivity index (χ1n) is 7.51. The van der Waals surface area contributed by atoms with Crippen molar-refractivity contribution in [3.63, 3.8) is 0 Å². The van der Waals surface area contributed by atoms with E-state index in [2.05, 4.69) is 65.6 Å². The van der Waals surface area contributed by atoms with E-state index in [1.165, 1.54) is 11.1 Å². The molecule has 0 saturated carbocycles. The lowest BCUT2D eigenvalue weighted by Gasteiger charge is -2.39. The van der Waals surface area contributed by atoms with Gasteiger partial charge in [0.1, 0.15) is 0 Å². The van der Waals surface area contributed by atoms with Gasteiger partial charge in [0.15, 0.2) is 0 Å². The van der Waals surface area contributed by atoms with E-state index in [4.69, 9.17) is 10.5 Å². The molecule has 2 aromatic carbocycles. The van der Waals surface area contributed by atoms with Crippen LogP contribution in [0.2, 0.25) is 0 Å². The fourth-order valence-corrected chi connectivity index (χ4v) is 2.89. The minimum absolute atomic E-state index is 0.133. The molecule has 1 aliphatic rings. The van der Waals surface area contributed by atoms with Crippen LogP contribution in [0.1, 0.15) is 17.2 Å². The zero-order valence-electron chi connectivity index (χ0n) is 12.2. The third kappa shape index (κ3) is 3.50. The van der Waals surface area contributed by atoms with Gasteiger partial charge in [-0.05, 0) is 11.1 Å². The predicted octanol–water partition coefficient (Wildman–Crippen LogP) is 2.59. The number of hydrogen-bond acceptors (Lipinski definition) is 3. The second-order valence-corrected chi connectivity index (χ2v) is 5.53. The van der Waals surface area contributed by atoms with Crippen molar-refractivity contribution >= 4 is 0 Å². The van der Waals surface area contributed by atoms with Crippen LogP contribution in [0.15, 0.2) is 60.7 Å². The number of nitrogens with two attached hydrogens (primary N) is 1. The summed E-state index contributed by atoms with van der Waals surface area (Å²) in [6, 6.07) is 21.5. The number of ether oxygens (including phenoxy) is 1. The molecule has 2 unspecified atom stereocenters. The Kier molecular flexibility index (Phi) is 4.65. The molecule has 2 atom stereocenters.